The Hall–Kier alpha value is -8.92. The van der Waals surface area contributed by atoms with Gasteiger partial charge in [-0.1, -0.05) is 195 Å². The van der Waals surface area contributed by atoms with Crippen molar-refractivity contribution < 1.29 is 0 Å². The van der Waals surface area contributed by atoms with Crippen LogP contribution in [0, 0.1) is 0 Å². The predicted octanol–water partition coefficient (Wildman–Crippen LogP) is 18.5. The lowest BCUT2D eigenvalue weighted by atomic mass is 10.1. The normalized spacial score (nSPS) is 11.0. The van der Waals surface area contributed by atoms with E-state index in [-0.39, 0.29) is 0 Å². The lowest BCUT2D eigenvalue weighted by Crippen LogP contribution is -2.25. The summed E-state index contributed by atoms with van der Waals surface area (Å²) in [6.07, 6.45) is 6.74. The van der Waals surface area contributed by atoms with Gasteiger partial charge in [-0.15, -0.1) is 34.0 Å². The summed E-state index contributed by atoms with van der Waals surface area (Å²) >= 11 is 4.86. The van der Waals surface area contributed by atoms with Gasteiger partial charge in [-0.3, -0.25) is 9.88 Å². The maximum atomic E-state index is 4.71. The number of rotatable bonds is 25. The number of pyridine rings is 1. The second kappa shape index (κ2) is 33.3. The Kier molecular flexibility index (Phi) is 23.5. The van der Waals surface area contributed by atoms with Gasteiger partial charge < -0.3 is 25.8 Å². The first-order valence-electron chi connectivity index (χ1n) is 30.0. The zero-order valence-electron chi connectivity index (χ0n) is 50.3. The molecule has 0 atom stereocenters. The van der Waals surface area contributed by atoms with E-state index in [1.54, 1.807) is 40.2 Å². The van der Waals surface area contributed by atoms with Crippen LogP contribution in [0.1, 0.15) is 40.3 Å². The molecule has 0 bridgehead atoms. The molecule has 444 valence electrons. The monoisotopic (exact) mass is 1210 g/mol. The lowest BCUT2D eigenvalue weighted by Gasteiger charge is -2.20. The number of aromatic nitrogens is 4. The van der Waals surface area contributed by atoms with Gasteiger partial charge in [-0.2, -0.15) is 0 Å². The van der Waals surface area contributed by atoms with Crippen molar-refractivity contribution in [3.8, 4) is 33.8 Å². The maximum absolute atomic E-state index is 4.71. The van der Waals surface area contributed by atoms with Gasteiger partial charge in [-0.25, -0.2) is 15.0 Å². The van der Waals surface area contributed by atoms with E-state index in [1.165, 1.54) is 33.4 Å². The number of nitrogens with one attached hydrogen (secondary N) is 3. The van der Waals surface area contributed by atoms with E-state index >= 15 is 0 Å². The van der Waals surface area contributed by atoms with Gasteiger partial charge in [0.2, 0.25) is 0 Å². The van der Waals surface area contributed by atoms with Crippen LogP contribution in [-0.2, 0) is 38.9 Å². The van der Waals surface area contributed by atoms with Crippen molar-refractivity contribution in [3.05, 3.63) is 299 Å². The van der Waals surface area contributed by atoms with E-state index in [9.17, 15) is 0 Å². The fraction of sp³-hybridized carbons (Fsp3) is 0.173. The van der Waals surface area contributed by atoms with Gasteiger partial charge in [-0.05, 0) is 122 Å². The molecule has 4 aromatic heterocycles. The van der Waals surface area contributed by atoms with Gasteiger partial charge in [0.05, 0.1) is 17.1 Å². The Balaban J connectivity index is 0.000000146. The molecule has 88 heavy (non-hydrogen) atoms. The van der Waals surface area contributed by atoms with E-state index in [0.29, 0.717) is 0 Å². The average Bonchev–Trinajstić information content (AvgIpc) is 4.57. The van der Waals surface area contributed by atoms with E-state index in [1.807, 2.05) is 54.7 Å². The molecular formula is C75H76N10S3. The van der Waals surface area contributed by atoms with Gasteiger partial charge in [0.25, 0.3) is 0 Å². The van der Waals surface area contributed by atoms with Crippen LogP contribution in [0.4, 0.5) is 32.5 Å². The van der Waals surface area contributed by atoms with Crippen LogP contribution in [0.2, 0.25) is 0 Å². The quantitative estimate of drug-likeness (QED) is 0.0513. The average molecular weight is 1210 g/mol. The lowest BCUT2D eigenvalue weighted by molar-refractivity contribution is 0.283. The third kappa shape index (κ3) is 20.1. The molecule has 0 radical (unpaired) electrons. The van der Waals surface area contributed by atoms with E-state index in [0.717, 1.165) is 131 Å². The van der Waals surface area contributed by atoms with Crippen LogP contribution in [0.25, 0.3) is 33.8 Å². The number of nitrogens with zero attached hydrogens (tertiary/aromatic N) is 7. The highest BCUT2D eigenvalue weighted by Crippen LogP contribution is 2.30. The number of benzene rings is 8. The molecule has 0 fully saturated rings. The molecule has 0 saturated heterocycles. The summed E-state index contributed by atoms with van der Waals surface area (Å²) < 4.78 is 0. The second-order valence-electron chi connectivity index (χ2n) is 21.6. The van der Waals surface area contributed by atoms with Crippen molar-refractivity contribution in [2.75, 3.05) is 56.2 Å². The second-order valence-corrected chi connectivity index (χ2v) is 24.2. The Morgan fingerprint density at radius 3 is 1.02 bits per heavy atom. The zero-order valence-corrected chi connectivity index (χ0v) is 52.8. The van der Waals surface area contributed by atoms with Crippen molar-refractivity contribution in [3.63, 3.8) is 0 Å². The Morgan fingerprint density at radius 2 is 0.670 bits per heavy atom. The predicted molar refractivity (Wildman–Crippen MR) is 374 cm³/mol. The Morgan fingerprint density at radius 1 is 0.341 bits per heavy atom. The van der Waals surface area contributed by atoms with Crippen molar-refractivity contribution in [1.82, 2.24) is 34.6 Å². The van der Waals surface area contributed by atoms with Gasteiger partial charge in [0.15, 0.2) is 15.4 Å². The minimum atomic E-state index is 0.888. The fourth-order valence-corrected chi connectivity index (χ4v) is 12.0. The number of hydrogen-bond donors (Lipinski definition) is 3. The van der Waals surface area contributed by atoms with Gasteiger partial charge >= 0.3 is 0 Å². The van der Waals surface area contributed by atoms with Crippen molar-refractivity contribution in [2.45, 2.75) is 45.8 Å². The molecule has 0 unspecified atom stereocenters. The summed E-state index contributed by atoms with van der Waals surface area (Å²) in [5.74, 6) is 0. The smallest absolute Gasteiger partial charge is 0.187 e. The Labute approximate surface area is 532 Å². The first-order valence-corrected chi connectivity index (χ1v) is 32.6. The SMILES string of the molecule is CCN(CCc1ccc(Nc2nc(-c3ccccc3)cs2)cc1)Cc1ccccc1.CN(CCc1ccc(Nc2nc(-c3ccccc3)cs2)cc1)Cc1ccccc1.CN(CCc1ccc(Nc2nc(-c3cccnc3)cs2)cc1)Cc1ccccc1. The van der Waals surface area contributed by atoms with Crippen LogP contribution in [0.5, 0.6) is 0 Å². The highest BCUT2D eigenvalue weighted by Gasteiger charge is 2.10. The standard InChI is InChI=1S/C26H27N3S.C25H25N3S.C24H24N4S/c1-2-29(19-22-9-5-3-6-10-22)18-17-21-13-15-24(16-14-21)27-26-28-25(20-30-26)23-11-7-4-8-12-23;1-28(18-21-8-4-2-5-9-21)17-16-20-12-14-23(15-13-20)26-25-27-24(19-29-25)22-10-6-3-7-11-22;1-28(17-20-6-3-2-4-7-20)15-13-19-9-11-22(12-10-19)26-24-27-23(18-29-24)21-8-5-14-25-16-21/h3-16,20H,2,17-19H2,1H3,(H,27,28);2-15,19H,16-18H2,1H3,(H,26,27);2-12,14,16,18H,13,15,17H2,1H3,(H,26,27). The zero-order chi connectivity index (χ0) is 60.4. The summed E-state index contributed by atoms with van der Waals surface area (Å²) in [4.78, 5) is 25.4. The van der Waals surface area contributed by atoms with E-state index in [2.05, 4.69) is 266 Å². The summed E-state index contributed by atoms with van der Waals surface area (Å²) in [5.41, 5.74) is 17.6. The highest BCUT2D eigenvalue weighted by atomic mass is 32.1. The van der Waals surface area contributed by atoms with E-state index < -0.39 is 0 Å². The van der Waals surface area contributed by atoms with Crippen LogP contribution in [0.15, 0.2) is 265 Å². The molecule has 0 spiro atoms. The van der Waals surface area contributed by atoms with Crippen LogP contribution >= 0.6 is 34.0 Å². The third-order valence-corrected chi connectivity index (χ3v) is 17.1. The molecule has 12 aromatic rings. The first-order chi connectivity index (χ1) is 43.3. The van der Waals surface area contributed by atoms with Crippen molar-refractivity contribution >= 4 is 66.5 Å². The molecule has 0 saturated carbocycles. The molecule has 3 N–H and O–H groups in total. The third-order valence-electron chi connectivity index (χ3n) is 14.8. The molecular weight excluding hydrogens is 1140 g/mol. The van der Waals surface area contributed by atoms with Gasteiger partial charge in [0, 0.05) is 102 Å². The topological polar surface area (TPSA) is 97.4 Å². The molecule has 13 heteroatoms. The summed E-state index contributed by atoms with van der Waals surface area (Å²) in [6, 6.07) is 82.4. The molecule has 0 aliphatic heterocycles. The minimum absolute atomic E-state index is 0.888. The minimum Gasteiger partial charge on any atom is -0.332 e. The summed E-state index contributed by atoms with van der Waals surface area (Å²) in [7, 11) is 4.35. The maximum Gasteiger partial charge on any atom is 0.187 e. The molecule has 12 rings (SSSR count). The number of hydrogen-bond acceptors (Lipinski definition) is 13. The molecule has 0 aliphatic rings. The highest BCUT2D eigenvalue weighted by molar-refractivity contribution is 7.14. The Bertz CT molecular complexity index is 3700. The number of thiazole rings is 3. The largest absolute Gasteiger partial charge is 0.332 e. The van der Waals surface area contributed by atoms with Crippen LogP contribution < -0.4 is 16.0 Å². The van der Waals surface area contributed by atoms with Crippen LogP contribution in [-0.4, -0.2) is 74.9 Å². The van der Waals surface area contributed by atoms with Crippen molar-refractivity contribution in [1.29, 1.82) is 0 Å². The van der Waals surface area contributed by atoms with Crippen molar-refractivity contribution in [2.24, 2.45) is 0 Å². The van der Waals surface area contributed by atoms with Gasteiger partial charge in [0.1, 0.15) is 0 Å². The molecule has 8 aromatic carbocycles. The van der Waals surface area contributed by atoms with Crippen LogP contribution in [0.3, 0.4) is 0 Å². The fourth-order valence-electron chi connectivity index (χ4n) is 9.82. The molecule has 0 amide bonds. The number of likely N-dealkylation sites (N-methyl/N-ethyl adjacent to an activating group) is 3. The van der Waals surface area contributed by atoms with E-state index in [4.69, 9.17) is 9.97 Å². The molecule has 10 nitrogen and oxygen atoms in total. The molecule has 4 heterocycles. The molecule has 0 aliphatic carbocycles. The summed E-state index contributed by atoms with van der Waals surface area (Å²) in [6.45, 7) is 9.38. The first kappa shape index (κ1) is 62.1. The number of anilines is 6. The summed E-state index contributed by atoms with van der Waals surface area (Å²) in [5, 5.41) is 19.2.